The zero-order chi connectivity index (χ0) is 29.9. The van der Waals surface area contributed by atoms with Crippen molar-refractivity contribution in [2.75, 3.05) is 32.3 Å². The normalized spacial score (nSPS) is 22.7. The summed E-state index contributed by atoms with van der Waals surface area (Å²) in [6.07, 6.45) is 7.93. The predicted molar refractivity (Wildman–Crippen MR) is 169 cm³/mol. The van der Waals surface area contributed by atoms with Gasteiger partial charge in [0.25, 0.3) is 0 Å². The van der Waals surface area contributed by atoms with Gasteiger partial charge in [0.15, 0.2) is 6.79 Å². The topological polar surface area (TPSA) is 71.0 Å². The number of nitrogens with one attached hydrogen (secondary N) is 1. The molecule has 1 aliphatic heterocycles. The number of benzene rings is 3. The summed E-state index contributed by atoms with van der Waals surface area (Å²) in [7, 11) is 2.30. The van der Waals surface area contributed by atoms with Gasteiger partial charge in [0.2, 0.25) is 0 Å². The first-order valence-electron chi connectivity index (χ1n) is 14.8. The van der Waals surface area contributed by atoms with Crippen molar-refractivity contribution in [1.82, 2.24) is 4.90 Å². The molecule has 3 aliphatic rings. The Bertz CT molecular complexity index is 1430. The van der Waals surface area contributed by atoms with E-state index in [-0.39, 0.29) is 6.79 Å². The van der Waals surface area contributed by atoms with E-state index < -0.39 is 5.97 Å². The van der Waals surface area contributed by atoms with Gasteiger partial charge >= 0.3 is 5.97 Å². The second-order valence-electron chi connectivity index (χ2n) is 11.6. The molecule has 3 aromatic rings. The molecule has 3 aromatic carbocycles. The second kappa shape index (κ2) is 13.3. The van der Waals surface area contributed by atoms with Gasteiger partial charge in [-0.2, -0.15) is 0 Å². The van der Waals surface area contributed by atoms with Crippen molar-refractivity contribution in [2.24, 2.45) is 5.92 Å². The number of fused-ring (bicyclic) bond motifs is 1. The fourth-order valence-corrected chi connectivity index (χ4v) is 7.58. The summed E-state index contributed by atoms with van der Waals surface area (Å²) in [6.45, 7) is 5.31. The number of ether oxygens (including phenoxy) is 2. The largest absolute Gasteiger partial charge is 0.508 e. The first-order valence-corrected chi connectivity index (χ1v) is 15.6. The average Bonchev–Trinajstić information content (AvgIpc) is 3.00. The number of anilines is 2. The number of carbonyl (C=O) groups is 1. The third kappa shape index (κ3) is 6.14. The number of hydrogen-bond donors (Lipinski definition) is 2. The maximum Gasteiger partial charge on any atom is 0.342 e. The van der Waals surface area contributed by atoms with Crippen molar-refractivity contribution < 1.29 is 19.4 Å². The Morgan fingerprint density at radius 2 is 1.93 bits per heavy atom. The zero-order valence-corrected chi connectivity index (χ0v) is 26.1. The molecule has 8 heteroatoms. The molecule has 42 heavy (non-hydrogen) atoms. The summed E-state index contributed by atoms with van der Waals surface area (Å²) in [5.74, 6) is 0.783. The van der Waals surface area contributed by atoms with Crippen LogP contribution in [0.15, 0.2) is 54.6 Å². The predicted octanol–water partition coefficient (Wildman–Crippen LogP) is 8.28. The van der Waals surface area contributed by atoms with Crippen LogP contribution < -0.4 is 5.32 Å². The Morgan fingerprint density at radius 3 is 2.74 bits per heavy atom. The van der Waals surface area contributed by atoms with E-state index in [0.29, 0.717) is 44.8 Å². The molecular weight excluding hydrogens is 571 g/mol. The van der Waals surface area contributed by atoms with Gasteiger partial charge in [-0.1, -0.05) is 60.3 Å². The lowest BCUT2D eigenvalue weighted by Crippen LogP contribution is -2.59. The van der Waals surface area contributed by atoms with Gasteiger partial charge in [-0.15, -0.1) is 0 Å². The van der Waals surface area contributed by atoms with Crippen molar-refractivity contribution in [2.45, 2.75) is 63.8 Å². The molecule has 1 saturated carbocycles. The maximum absolute atomic E-state index is 12.2. The number of phenolic OH excluding ortho intramolecular Hbond substituents is 1. The number of rotatable bonds is 6. The van der Waals surface area contributed by atoms with E-state index in [2.05, 4.69) is 29.4 Å². The highest BCUT2D eigenvalue weighted by Crippen LogP contribution is 2.55. The lowest BCUT2D eigenvalue weighted by Gasteiger charge is -2.58. The summed E-state index contributed by atoms with van der Waals surface area (Å²) < 4.78 is 10.1. The van der Waals surface area contributed by atoms with E-state index in [1.165, 1.54) is 56.2 Å². The minimum Gasteiger partial charge on any atom is -0.508 e. The molecule has 0 unspecified atom stereocenters. The van der Waals surface area contributed by atoms with Crippen LogP contribution in [0.5, 0.6) is 5.75 Å². The van der Waals surface area contributed by atoms with Gasteiger partial charge in [0.1, 0.15) is 5.75 Å². The summed E-state index contributed by atoms with van der Waals surface area (Å²) in [4.78, 5) is 14.7. The van der Waals surface area contributed by atoms with Crippen LogP contribution in [-0.4, -0.2) is 49.0 Å². The van der Waals surface area contributed by atoms with E-state index in [4.69, 9.17) is 32.7 Å². The Kier molecular flexibility index (Phi) is 9.68. The van der Waals surface area contributed by atoms with Crippen LogP contribution in [-0.2, 0) is 21.3 Å². The van der Waals surface area contributed by atoms with Gasteiger partial charge in [-0.3, -0.25) is 0 Å². The van der Waals surface area contributed by atoms with E-state index >= 15 is 0 Å². The number of aryl methyl sites for hydroxylation is 1. The molecule has 6 nitrogen and oxygen atoms in total. The number of carbonyl (C=O) groups excluding carboxylic acids is 1. The van der Waals surface area contributed by atoms with Crippen LogP contribution >= 0.6 is 23.2 Å². The average molecular weight is 612 g/mol. The molecule has 2 fully saturated rings. The van der Waals surface area contributed by atoms with Crippen molar-refractivity contribution in [3.05, 3.63) is 86.9 Å². The Labute approximate surface area is 258 Å². The summed E-state index contributed by atoms with van der Waals surface area (Å²) in [6, 6.07) is 17.4. The first kappa shape index (κ1) is 30.7. The van der Waals surface area contributed by atoms with Crippen LogP contribution in [0.1, 0.15) is 66.1 Å². The van der Waals surface area contributed by atoms with Crippen LogP contribution in [0.3, 0.4) is 0 Å². The molecule has 224 valence electrons. The fraction of sp³-hybridized carbons (Fsp3) is 0.441. The highest BCUT2D eigenvalue weighted by atomic mass is 35.5. The molecule has 3 atom stereocenters. The number of phenols is 1. The van der Waals surface area contributed by atoms with Gasteiger partial charge in [0, 0.05) is 18.1 Å². The van der Waals surface area contributed by atoms with Gasteiger partial charge in [-0.25, -0.2) is 4.79 Å². The molecule has 0 spiro atoms. The number of likely N-dealkylation sites (tertiary alicyclic amines) is 1. The summed E-state index contributed by atoms with van der Waals surface area (Å²) in [5.41, 5.74) is 5.73. The maximum atomic E-state index is 12.2. The van der Waals surface area contributed by atoms with E-state index in [0.717, 1.165) is 17.5 Å². The zero-order valence-electron chi connectivity index (χ0n) is 24.6. The van der Waals surface area contributed by atoms with Crippen LogP contribution in [0.25, 0.3) is 0 Å². The van der Waals surface area contributed by atoms with E-state index in [1.807, 2.05) is 26.0 Å². The van der Waals surface area contributed by atoms with Crippen molar-refractivity contribution in [3.63, 3.8) is 0 Å². The lowest BCUT2D eigenvalue weighted by atomic mass is 9.52. The van der Waals surface area contributed by atoms with Crippen molar-refractivity contribution in [3.8, 4) is 5.75 Å². The molecule has 1 saturated heterocycles. The molecule has 0 amide bonds. The van der Waals surface area contributed by atoms with E-state index in [9.17, 15) is 9.90 Å². The number of para-hydroxylation sites is 1. The molecular formula is C34H40Cl2N2O4. The highest BCUT2D eigenvalue weighted by molar-refractivity contribution is 6.39. The molecule has 2 aliphatic carbocycles. The van der Waals surface area contributed by atoms with Crippen molar-refractivity contribution in [1.29, 1.82) is 0 Å². The molecule has 6 rings (SSSR count). The minimum absolute atomic E-state index is 0.0877. The number of nitrogens with zero attached hydrogens (tertiary/aromatic N) is 1. The Morgan fingerprint density at radius 1 is 1.12 bits per heavy atom. The van der Waals surface area contributed by atoms with Crippen LogP contribution in [0.4, 0.5) is 11.4 Å². The second-order valence-corrected chi connectivity index (χ2v) is 12.4. The standard InChI is InChI=1S/C17H17Cl2NO3.C17H23NO/c1-3-22-10-23-17(21)12-6-4-5-7-14(12)20-16-13(18)9-8-11(2)15(16)19;1-18-9-8-17-7-3-2-4-14(17)16(18)10-12-5-6-13(19)11-15(12)17/h4-9,20H,3,10H2,1-2H3;5-6,11,14,16,19H,2-4,7-10H2,1H3/t;14-,16+,17+/m.0/s1. The molecule has 2 bridgehead atoms. The highest BCUT2D eigenvalue weighted by Gasteiger charge is 2.53. The SMILES string of the molecule is CCOCOC(=O)c1ccccc1Nc1c(Cl)ccc(C)c1Cl.CN1CC[C@]23CCCC[C@H]2[C@H]1Cc1ccc(O)cc13. The van der Waals surface area contributed by atoms with Gasteiger partial charge in [-0.05, 0) is 106 Å². The van der Waals surface area contributed by atoms with Crippen LogP contribution in [0.2, 0.25) is 10.0 Å². The number of aromatic hydroxyl groups is 1. The fourth-order valence-electron chi connectivity index (χ4n) is 7.12. The number of hydrogen-bond acceptors (Lipinski definition) is 6. The molecule has 2 N–H and O–H groups in total. The molecule has 1 heterocycles. The van der Waals surface area contributed by atoms with Gasteiger partial charge in [0.05, 0.1) is 27.0 Å². The monoisotopic (exact) mass is 610 g/mol. The number of likely N-dealkylation sites (N-methyl/N-ethyl adjacent to an activating group) is 1. The van der Waals surface area contributed by atoms with Crippen LogP contribution in [0, 0.1) is 12.8 Å². The summed E-state index contributed by atoms with van der Waals surface area (Å²) in [5, 5.41) is 14.0. The number of piperidine rings is 1. The third-order valence-electron chi connectivity index (χ3n) is 9.27. The van der Waals surface area contributed by atoms with Crippen molar-refractivity contribution >= 4 is 40.5 Å². The summed E-state index contributed by atoms with van der Waals surface area (Å²) >= 11 is 12.5. The molecule has 0 radical (unpaired) electrons. The Hall–Kier alpha value is -2.77. The number of esters is 1. The number of halogens is 2. The molecule has 0 aromatic heterocycles. The minimum atomic E-state index is -0.485. The van der Waals surface area contributed by atoms with E-state index in [1.54, 1.807) is 30.3 Å². The smallest absolute Gasteiger partial charge is 0.342 e. The lowest BCUT2D eigenvalue weighted by molar-refractivity contribution is -0.0273. The first-order chi connectivity index (χ1) is 20.2. The quantitative estimate of drug-likeness (QED) is 0.166. The van der Waals surface area contributed by atoms with Gasteiger partial charge < -0.3 is 24.8 Å². The Balaban J connectivity index is 0.000000170. The third-order valence-corrected chi connectivity index (χ3v) is 10.1.